The molecule has 0 spiro atoms. The van der Waals surface area contributed by atoms with E-state index in [1.807, 2.05) is 0 Å². The molecule has 1 aliphatic rings. The highest BCUT2D eigenvalue weighted by Gasteiger charge is 2.29. The molecule has 0 saturated heterocycles. The van der Waals surface area contributed by atoms with Gasteiger partial charge in [0.05, 0.1) is 0 Å². The zero-order chi connectivity index (χ0) is 11.4. The minimum Gasteiger partial charge on any atom is -0.314 e. The van der Waals surface area contributed by atoms with Crippen molar-refractivity contribution in [3.05, 3.63) is 0 Å². The Morgan fingerprint density at radius 3 is 2.33 bits per heavy atom. The first-order chi connectivity index (χ1) is 7.06. The Balaban J connectivity index is 2.43. The van der Waals surface area contributed by atoms with E-state index in [4.69, 9.17) is 0 Å². The van der Waals surface area contributed by atoms with Crippen LogP contribution in [0, 0.1) is 23.7 Å². The number of rotatable bonds is 4. The second-order valence-corrected chi connectivity index (χ2v) is 5.73. The standard InChI is InChI=1S/C14H29N/c1-6-15-13(5)12(4)14-8-7-10(2)11(3)9-14/h10-15H,6-9H2,1-5H3. The predicted molar refractivity (Wildman–Crippen MR) is 68.0 cm³/mol. The minimum absolute atomic E-state index is 0.681. The lowest BCUT2D eigenvalue weighted by molar-refractivity contribution is 0.144. The Hall–Kier alpha value is -0.0400. The number of hydrogen-bond donors (Lipinski definition) is 1. The largest absolute Gasteiger partial charge is 0.314 e. The van der Waals surface area contributed by atoms with Gasteiger partial charge in [0.2, 0.25) is 0 Å². The molecule has 0 heterocycles. The number of nitrogens with one attached hydrogen (secondary N) is 1. The van der Waals surface area contributed by atoms with Gasteiger partial charge in [-0.2, -0.15) is 0 Å². The fourth-order valence-electron chi connectivity index (χ4n) is 2.98. The molecule has 0 amide bonds. The van der Waals surface area contributed by atoms with Crippen LogP contribution in [-0.2, 0) is 0 Å². The van der Waals surface area contributed by atoms with Crippen molar-refractivity contribution in [2.75, 3.05) is 6.54 Å². The van der Waals surface area contributed by atoms with E-state index in [1.54, 1.807) is 0 Å². The van der Waals surface area contributed by atoms with Crippen LogP contribution in [0.1, 0.15) is 53.9 Å². The lowest BCUT2D eigenvalue weighted by Crippen LogP contribution is -2.38. The van der Waals surface area contributed by atoms with Crippen LogP contribution < -0.4 is 5.32 Å². The van der Waals surface area contributed by atoms with Crippen molar-refractivity contribution in [2.24, 2.45) is 23.7 Å². The summed E-state index contributed by atoms with van der Waals surface area (Å²) in [7, 11) is 0. The molecule has 15 heavy (non-hydrogen) atoms. The van der Waals surface area contributed by atoms with Gasteiger partial charge in [-0.1, -0.05) is 34.1 Å². The van der Waals surface area contributed by atoms with E-state index >= 15 is 0 Å². The second-order valence-electron chi connectivity index (χ2n) is 5.73. The highest BCUT2D eigenvalue weighted by molar-refractivity contribution is 4.82. The summed E-state index contributed by atoms with van der Waals surface area (Å²) in [5.41, 5.74) is 0. The maximum atomic E-state index is 3.57. The first-order valence-electron chi connectivity index (χ1n) is 6.79. The van der Waals surface area contributed by atoms with Crippen molar-refractivity contribution in [3.8, 4) is 0 Å². The maximum absolute atomic E-state index is 3.57. The van der Waals surface area contributed by atoms with E-state index in [0.717, 1.165) is 30.2 Å². The zero-order valence-electron chi connectivity index (χ0n) is 11.2. The molecule has 1 aliphatic carbocycles. The summed E-state index contributed by atoms with van der Waals surface area (Å²) in [6, 6.07) is 0.681. The fourth-order valence-corrected chi connectivity index (χ4v) is 2.98. The van der Waals surface area contributed by atoms with Crippen LogP contribution in [0.3, 0.4) is 0 Å². The average Bonchev–Trinajstić information content (AvgIpc) is 2.21. The van der Waals surface area contributed by atoms with Crippen LogP contribution >= 0.6 is 0 Å². The Kier molecular flexibility index (Phi) is 5.11. The average molecular weight is 211 g/mol. The van der Waals surface area contributed by atoms with E-state index in [2.05, 4.69) is 39.9 Å². The molecule has 0 aromatic rings. The molecule has 1 heteroatoms. The Bertz CT molecular complexity index is 178. The SMILES string of the molecule is CCNC(C)C(C)C1CCC(C)C(C)C1. The van der Waals surface area contributed by atoms with Gasteiger partial charge in [0.15, 0.2) is 0 Å². The lowest BCUT2D eigenvalue weighted by atomic mass is 9.70. The molecule has 5 atom stereocenters. The van der Waals surface area contributed by atoms with Crippen molar-refractivity contribution >= 4 is 0 Å². The van der Waals surface area contributed by atoms with Gasteiger partial charge < -0.3 is 5.32 Å². The van der Waals surface area contributed by atoms with Gasteiger partial charge in [-0.25, -0.2) is 0 Å². The molecule has 1 fully saturated rings. The molecular weight excluding hydrogens is 182 g/mol. The Labute approximate surface area is 96.0 Å². The summed E-state index contributed by atoms with van der Waals surface area (Å²) in [4.78, 5) is 0. The van der Waals surface area contributed by atoms with E-state index < -0.39 is 0 Å². The van der Waals surface area contributed by atoms with Gasteiger partial charge in [-0.3, -0.25) is 0 Å². The van der Waals surface area contributed by atoms with Crippen LogP contribution in [0.15, 0.2) is 0 Å². The monoisotopic (exact) mass is 211 g/mol. The molecule has 0 radical (unpaired) electrons. The summed E-state index contributed by atoms with van der Waals surface area (Å²) < 4.78 is 0. The summed E-state index contributed by atoms with van der Waals surface area (Å²) in [5, 5.41) is 3.57. The van der Waals surface area contributed by atoms with Crippen LogP contribution in [0.25, 0.3) is 0 Å². The van der Waals surface area contributed by atoms with Gasteiger partial charge in [0, 0.05) is 6.04 Å². The molecule has 0 aliphatic heterocycles. The summed E-state index contributed by atoms with van der Waals surface area (Å²) in [6.07, 6.45) is 4.33. The van der Waals surface area contributed by atoms with Gasteiger partial charge in [0.25, 0.3) is 0 Å². The highest BCUT2D eigenvalue weighted by atomic mass is 14.9. The molecule has 0 bridgehead atoms. The molecular formula is C14H29N. The van der Waals surface area contributed by atoms with Crippen molar-refractivity contribution in [2.45, 2.75) is 59.9 Å². The predicted octanol–water partition coefficient (Wildman–Crippen LogP) is 3.69. The van der Waals surface area contributed by atoms with Crippen LogP contribution in [-0.4, -0.2) is 12.6 Å². The Morgan fingerprint density at radius 2 is 1.80 bits per heavy atom. The Morgan fingerprint density at radius 1 is 1.13 bits per heavy atom. The minimum atomic E-state index is 0.681. The van der Waals surface area contributed by atoms with Gasteiger partial charge in [-0.15, -0.1) is 0 Å². The molecule has 1 rings (SSSR count). The molecule has 1 saturated carbocycles. The van der Waals surface area contributed by atoms with Gasteiger partial charge in [-0.05, 0) is 50.0 Å². The van der Waals surface area contributed by atoms with Crippen LogP contribution in [0.5, 0.6) is 0 Å². The molecule has 1 nitrogen and oxygen atoms in total. The maximum Gasteiger partial charge on any atom is 0.00668 e. The topological polar surface area (TPSA) is 12.0 Å². The van der Waals surface area contributed by atoms with Crippen LogP contribution in [0.4, 0.5) is 0 Å². The molecule has 1 N–H and O–H groups in total. The number of hydrogen-bond acceptors (Lipinski definition) is 1. The van der Waals surface area contributed by atoms with E-state index in [-0.39, 0.29) is 0 Å². The molecule has 5 unspecified atom stereocenters. The van der Waals surface area contributed by atoms with E-state index in [1.165, 1.54) is 19.3 Å². The van der Waals surface area contributed by atoms with Crippen LogP contribution in [0.2, 0.25) is 0 Å². The lowest BCUT2D eigenvalue weighted by Gasteiger charge is -2.37. The van der Waals surface area contributed by atoms with E-state index in [9.17, 15) is 0 Å². The third kappa shape index (κ3) is 3.48. The zero-order valence-corrected chi connectivity index (χ0v) is 11.2. The van der Waals surface area contributed by atoms with Crippen molar-refractivity contribution in [1.29, 1.82) is 0 Å². The molecule has 0 aromatic heterocycles. The van der Waals surface area contributed by atoms with E-state index in [0.29, 0.717) is 6.04 Å². The molecule has 90 valence electrons. The summed E-state index contributed by atoms with van der Waals surface area (Å²) in [6.45, 7) is 12.9. The third-order valence-electron chi connectivity index (χ3n) is 4.70. The second kappa shape index (κ2) is 5.89. The highest BCUT2D eigenvalue weighted by Crippen LogP contribution is 2.37. The summed E-state index contributed by atoms with van der Waals surface area (Å²) >= 11 is 0. The quantitative estimate of drug-likeness (QED) is 0.748. The van der Waals surface area contributed by atoms with Crippen molar-refractivity contribution < 1.29 is 0 Å². The smallest absolute Gasteiger partial charge is 0.00668 e. The van der Waals surface area contributed by atoms with Gasteiger partial charge >= 0.3 is 0 Å². The molecule has 0 aromatic carbocycles. The summed E-state index contributed by atoms with van der Waals surface area (Å²) in [5.74, 6) is 3.66. The first kappa shape index (κ1) is 13.0. The van der Waals surface area contributed by atoms with Crippen molar-refractivity contribution in [1.82, 2.24) is 5.32 Å². The van der Waals surface area contributed by atoms with Crippen molar-refractivity contribution in [3.63, 3.8) is 0 Å². The fraction of sp³-hybridized carbons (Fsp3) is 1.00. The first-order valence-corrected chi connectivity index (χ1v) is 6.79. The van der Waals surface area contributed by atoms with Gasteiger partial charge in [0.1, 0.15) is 0 Å². The third-order valence-corrected chi connectivity index (χ3v) is 4.70. The normalized spacial score (nSPS) is 36.2.